The summed E-state index contributed by atoms with van der Waals surface area (Å²) in [6, 6.07) is 17.5. The molecule has 0 fully saturated rings. The maximum Gasteiger partial charge on any atom is 0.0924 e. The van der Waals surface area contributed by atoms with E-state index in [1.54, 1.807) is 12.7 Å². The molecule has 2 bridgehead atoms. The number of nitrogens with one attached hydrogen (secondary N) is 2. The van der Waals surface area contributed by atoms with Crippen molar-refractivity contribution in [3.63, 3.8) is 0 Å². The molecule has 6 rings (SSSR count). The molecule has 0 aliphatic carbocycles. The smallest absolute Gasteiger partial charge is 0.0924 e. The molecule has 1 unspecified atom stereocenters. The first-order valence-corrected chi connectivity index (χ1v) is 12.4. The van der Waals surface area contributed by atoms with Crippen molar-refractivity contribution < 1.29 is 0 Å². The molecule has 4 aromatic rings. The van der Waals surface area contributed by atoms with Gasteiger partial charge >= 0.3 is 0 Å². The van der Waals surface area contributed by atoms with Crippen molar-refractivity contribution in [1.29, 1.82) is 0 Å². The molecule has 0 saturated carbocycles. The number of aromatic amines is 2. The first-order chi connectivity index (χ1) is 15.8. The molecule has 0 amide bonds. The molecular weight excluding hydrogens is 432 g/mol. The predicted octanol–water partition coefficient (Wildman–Crippen LogP) is 6.64. The molecule has 1 atom stereocenters. The van der Waals surface area contributed by atoms with Gasteiger partial charge in [0.05, 0.1) is 41.7 Å². The van der Waals surface area contributed by atoms with Crippen LogP contribution in [0.5, 0.6) is 0 Å². The molecule has 156 valence electrons. The van der Waals surface area contributed by atoms with Crippen molar-refractivity contribution in [2.75, 3.05) is 5.75 Å². The van der Waals surface area contributed by atoms with Crippen LogP contribution in [0.3, 0.4) is 0 Å². The molecule has 0 spiro atoms. The van der Waals surface area contributed by atoms with Crippen molar-refractivity contribution in [1.82, 2.24) is 19.9 Å². The second kappa shape index (κ2) is 8.37. The van der Waals surface area contributed by atoms with Gasteiger partial charge in [0, 0.05) is 16.2 Å². The molecule has 0 radical (unpaired) electrons. The Kier molecular flexibility index (Phi) is 5.09. The lowest BCUT2D eigenvalue weighted by molar-refractivity contribution is 1.31. The Hall–Kier alpha value is -3.22. The molecule has 2 aromatic carbocycles. The van der Waals surface area contributed by atoms with Gasteiger partial charge in [-0.25, -0.2) is 9.97 Å². The topological polar surface area (TPSA) is 57.4 Å². The lowest BCUT2D eigenvalue weighted by atomic mass is 9.98. The van der Waals surface area contributed by atoms with Crippen LogP contribution < -0.4 is 0 Å². The summed E-state index contributed by atoms with van der Waals surface area (Å²) in [5.74, 6) is 0.976. The van der Waals surface area contributed by atoms with E-state index in [-0.39, 0.29) is 0 Å². The van der Waals surface area contributed by atoms with Gasteiger partial charge in [-0.05, 0) is 33.2 Å². The minimum absolute atomic E-state index is 0.339. The van der Waals surface area contributed by atoms with Crippen LogP contribution in [-0.4, -0.2) is 30.9 Å². The van der Waals surface area contributed by atoms with Crippen molar-refractivity contribution in [3.8, 4) is 22.5 Å². The summed E-state index contributed by atoms with van der Waals surface area (Å²) in [5, 5.41) is 2.67. The zero-order valence-corrected chi connectivity index (χ0v) is 18.8. The average molecular weight is 453 g/mol. The van der Waals surface area contributed by atoms with E-state index in [9.17, 15) is 0 Å². The van der Waals surface area contributed by atoms with E-state index in [1.807, 2.05) is 35.9 Å². The largest absolute Gasteiger partial charge is 0.345 e. The van der Waals surface area contributed by atoms with Crippen molar-refractivity contribution in [3.05, 3.63) is 107 Å². The van der Waals surface area contributed by atoms with Crippen LogP contribution in [0.15, 0.2) is 96.0 Å². The van der Waals surface area contributed by atoms with Crippen LogP contribution in [0.2, 0.25) is 0 Å². The highest BCUT2D eigenvalue weighted by molar-refractivity contribution is 8.05. The highest BCUT2D eigenvalue weighted by Gasteiger charge is 2.24. The zero-order chi connectivity index (χ0) is 21.3. The first-order valence-electron chi connectivity index (χ1n) is 10.4. The van der Waals surface area contributed by atoms with E-state index in [0.717, 1.165) is 28.3 Å². The van der Waals surface area contributed by atoms with Crippen LogP contribution in [0, 0.1) is 0 Å². The van der Waals surface area contributed by atoms with Crippen molar-refractivity contribution >= 4 is 34.7 Å². The molecule has 4 heterocycles. The lowest BCUT2D eigenvalue weighted by Crippen LogP contribution is -2.05. The maximum atomic E-state index is 4.12. The number of hydrogen-bond acceptors (Lipinski definition) is 4. The third kappa shape index (κ3) is 3.66. The average Bonchev–Trinajstić information content (AvgIpc) is 3.55. The van der Waals surface area contributed by atoms with Gasteiger partial charge in [-0.1, -0.05) is 60.7 Å². The molecule has 0 saturated heterocycles. The van der Waals surface area contributed by atoms with Crippen LogP contribution in [0.25, 0.3) is 33.7 Å². The Morgan fingerprint density at radius 3 is 1.94 bits per heavy atom. The van der Waals surface area contributed by atoms with Crippen LogP contribution >= 0.6 is 23.5 Å². The molecule has 4 nitrogen and oxygen atoms in total. The number of thioether (sulfide) groups is 2. The first kappa shape index (κ1) is 19.5. The Labute approximate surface area is 195 Å². The van der Waals surface area contributed by atoms with Gasteiger partial charge in [-0.3, -0.25) is 0 Å². The van der Waals surface area contributed by atoms with Crippen LogP contribution in [0.4, 0.5) is 0 Å². The Morgan fingerprint density at radius 1 is 0.750 bits per heavy atom. The summed E-state index contributed by atoms with van der Waals surface area (Å²) in [6.07, 6.45) is 12.0. The monoisotopic (exact) mass is 452 g/mol. The Bertz CT molecular complexity index is 1310. The third-order valence-corrected chi connectivity index (χ3v) is 7.84. The second-order valence-corrected chi connectivity index (χ2v) is 9.75. The van der Waals surface area contributed by atoms with E-state index < -0.39 is 0 Å². The summed E-state index contributed by atoms with van der Waals surface area (Å²) in [4.78, 5) is 16.0. The summed E-state index contributed by atoms with van der Waals surface area (Å²) in [6.45, 7) is 0. The lowest BCUT2D eigenvalue weighted by Gasteiger charge is -2.21. The number of nitrogens with zero attached hydrogens (tertiary/aromatic N) is 2. The Morgan fingerprint density at radius 2 is 1.34 bits per heavy atom. The SMILES string of the molecule is C1=C2SCC=C(c3ccc(-c4cnc[nH]4)cc3)C1SC=C2c1ccc(-c2cnc[nH]2)cc1. The molecule has 32 heavy (non-hydrogen) atoms. The second-order valence-electron chi connectivity index (χ2n) is 7.67. The fourth-order valence-corrected chi connectivity index (χ4v) is 6.39. The minimum atomic E-state index is 0.339. The van der Waals surface area contributed by atoms with Gasteiger partial charge in [-0.15, -0.1) is 23.5 Å². The van der Waals surface area contributed by atoms with Gasteiger partial charge in [-0.2, -0.15) is 0 Å². The van der Waals surface area contributed by atoms with Crippen LogP contribution in [0.1, 0.15) is 11.1 Å². The van der Waals surface area contributed by atoms with E-state index >= 15 is 0 Å². The number of H-pyrrole nitrogens is 2. The van der Waals surface area contributed by atoms with E-state index in [1.165, 1.54) is 27.2 Å². The van der Waals surface area contributed by atoms with Gasteiger partial charge in [0.15, 0.2) is 0 Å². The summed E-state index contributed by atoms with van der Waals surface area (Å²) >= 11 is 3.81. The number of benzene rings is 2. The van der Waals surface area contributed by atoms with Gasteiger partial charge in [0.2, 0.25) is 0 Å². The highest BCUT2D eigenvalue weighted by atomic mass is 32.2. The number of aromatic nitrogens is 4. The molecule has 6 heteroatoms. The fraction of sp³-hybridized carbons (Fsp3) is 0.0769. The molecule has 2 aliphatic heterocycles. The standard InChI is InChI=1S/C26H20N4S2/c1-5-19(23-12-27-15-29-23)6-2-17(1)21-9-10-31-26-11-25(21)32-14-22(26)18-3-7-20(8-4-18)24-13-28-16-30-24/h1-9,11-16,25H,10H2,(H,27,29)(H,28,30). The predicted molar refractivity (Wildman–Crippen MR) is 136 cm³/mol. The molecule has 2 aliphatic rings. The molecule has 2 N–H and O–H groups in total. The van der Waals surface area contributed by atoms with E-state index in [4.69, 9.17) is 0 Å². The zero-order valence-electron chi connectivity index (χ0n) is 17.2. The number of hydrogen-bond donors (Lipinski definition) is 2. The van der Waals surface area contributed by atoms with Gasteiger partial charge in [0.1, 0.15) is 0 Å². The fourth-order valence-electron chi connectivity index (χ4n) is 4.08. The maximum absolute atomic E-state index is 4.12. The quantitative estimate of drug-likeness (QED) is 0.364. The number of allylic oxidation sites excluding steroid dienone is 1. The number of imidazole rings is 2. The van der Waals surface area contributed by atoms with Crippen LogP contribution in [-0.2, 0) is 0 Å². The molecule has 2 aromatic heterocycles. The number of fused-ring (bicyclic) bond motifs is 1. The summed E-state index contributed by atoms with van der Waals surface area (Å²) in [7, 11) is 0. The van der Waals surface area contributed by atoms with E-state index in [0.29, 0.717) is 5.25 Å². The number of rotatable bonds is 4. The normalized spacial score (nSPS) is 17.9. The summed E-state index contributed by atoms with van der Waals surface area (Å²) in [5.41, 5.74) is 9.63. The van der Waals surface area contributed by atoms with Crippen molar-refractivity contribution in [2.24, 2.45) is 0 Å². The van der Waals surface area contributed by atoms with Gasteiger partial charge in [0.25, 0.3) is 0 Å². The third-order valence-electron chi connectivity index (χ3n) is 5.78. The van der Waals surface area contributed by atoms with Gasteiger partial charge < -0.3 is 9.97 Å². The van der Waals surface area contributed by atoms with Crippen molar-refractivity contribution in [2.45, 2.75) is 5.25 Å². The highest BCUT2D eigenvalue weighted by Crippen LogP contribution is 2.46. The minimum Gasteiger partial charge on any atom is -0.345 e. The van der Waals surface area contributed by atoms with E-state index in [2.05, 4.69) is 86.0 Å². The summed E-state index contributed by atoms with van der Waals surface area (Å²) < 4.78 is 0. The Balaban J connectivity index is 1.24. The molecular formula is C26H20N4S2.